The first-order valence-electron chi connectivity index (χ1n) is 6.45. The van der Waals surface area contributed by atoms with Crippen molar-refractivity contribution >= 4 is 5.69 Å². The highest BCUT2D eigenvalue weighted by atomic mass is 16.6. The number of aromatic nitrogens is 2. The molecule has 0 spiro atoms. The van der Waals surface area contributed by atoms with Gasteiger partial charge in [-0.1, -0.05) is 11.2 Å². The number of ether oxygens (including phenoxy) is 1. The molecule has 0 aliphatic heterocycles. The van der Waals surface area contributed by atoms with Crippen molar-refractivity contribution in [3.8, 4) is 11.5 Å². The predicted octanol–water partition coefficient (Wildman–Crippen LogP) is 1.99. The molecule has 1 aromatic carbocycles. The quantitative estimate of drug-likeness (QED) is 0.638. The third-order valence-corrected chi connectivity index (χ3v) is 2.85. The van der Waals surface area contributed by atoms with Gasteiger partial charge in [-0.05, 0) is 25.5 Å². The summed E-state index contributed by atoms with van der Waals surface area (Å²) in [4.78, 5) is 14.7. The molecule has 0 saturated heterocycles. The van der Waals surface area contributed by atoms with E-state index in [0.717, 1.165) is 5.56 Å². The van der Waals surface area contributed by atoms with Crippen LogP contribution in [0.3, 0.4) is 0 Å². The minimum atomic E-state index is -0.536. The summed E-state index contributed by atoms with van der Waals surface area (Å²) >= 11 is 0. The van der Waals surface area contributed by atoms with Gasteiger partial charge in [0.1, 0.15) is 5.56 Å². The van der Waals surface area contributed by atoms with E-state index < -0.39 is 11.0 Å². The first kappa shape index (κ1) is 15.1. The number of hydrogen-bond donors (Lipinski definition) is 1. The van der Waals surface area contributed by atoms with Crippen LogP contribution in [0.15, 0.2) is 22.7 Å². The summed E-state index contributed by atoms with van der Waals surface area (Å²) in [7, 11) is 0. The first-order chi connectivity index (χ1) is 10.0. The summed E-state index contributed by atoms with van der Waals surface area (Å²) in [5, 5.41) is 14.8. The molecule has 8 heteroatoms. The van der Waals surface area contributed by atoms with Crippen molar-refractivity contribution in [2.75, 3.05) is 13.2 Å². The molecule has 2 rings (SSSR count). The molecule has 0 fully saturated rings. The topological polar surface area (TPSA) is 117 Å². The fourth-order valence-electron chi connectivity index (χ4n) is 1.79. The van der Waals surface area contributed by atoms with Crippen LogP contribution in [0.25, 0.3) is 11.5 Å². The molecule has 112 valence electrons. The Morgan fingerprint density at radius 2 is 2.29 bits per heavy atom. The molecule has 21 heavy (non-hydrogen) atoms. The van der Waals surface area contributed by atoms with Crippen molar-refractivity contribution in [3.05, 3.63) is 39.7 Å². The Hall–Kier alpha value is -2.32. The van der Waals surface area contributed by atoms with Crippen molar-refractivity contribution < 1.29 is 14.2 Å². The monoisotopic (exact) mass is 292 g/mol. The highest BCUT2D eigenvalue weighted by Gasteiger charge is 2.22. The lowest BCUT2D eigenvalue weighted by Gasteiger charge is -2.05. The standard InChI is InChI=1S/C13H16N4O4/c1-3-20-7-10(14)12-15-13(21-16-12)9-6-8(2)4-5-11(9)17(18)19/h4-6,10H,3,7,14H2,1-2H3. The van der Waals surface area contributed by atoms with Gasteiger partial charge in [0.25, 0.3) is 11.6 Å². The van der Waals surface area contributed by atoms with E-state index in [1.807, 2.05) is 13.8 Å². The van der Waals surface area contributed by atoms with Crippen LogP contribution >= 0.6 is 0 Å². The maximum Gasteiger partial charge on any atom is 0.282 e. The summed E-state index contributed by atoms with van der Waals surface area (Å²) in [5.74, 6) is 0.335. The maximum absolute atomic E-state index is 11.1. The molecule has 1 unspecified atom stereocenters. The molecule has 0 radical (unpaired) electrons. The molecule has 0 amide bonds. The van der Waals surface area contributed by atoms with E-state index >= 15 is 0 Å². The Labute approximate surface area is 121 Å². The van der Waals surface area contributed by atoms with E-state index in [-0.39, 0.29) is 29.6 Å². The summed E-state index contributed by atoms with van der Waals surface area (Å²) in [6.45, 7) is 4.46. The number of rotatable bonds is 6. The summed E-state index contributed by atoms with van der Waals surface area (Å²) < 4.78 is 10.3. The normalized spacial score (nSPS) is 12.3. The van der Waals surface area contributed by atoms with Gasteiger partial charge in [-0.25, -0.2) is 0 Å². The maximum atomic E-state index is 11.1. The Kier molecular flexibility index (Phi) is 4.61. The number of nitro groups is 1. The first-order valence-corrected chi connectivity index (χ1v) is 6.45. The third kappa shape index (κ3) is 3.41. The average molecular weight is 292 g/mol. The fraction of sp³-hybridized carbons (Fsp3) is 0.385. The molecule has 8 nitrogen and oxygen atoms in total. The second-order valence-corrected chi connectivity index (χ2v) is 4.50. The van der Waals surface area contributed by atoms with Gasteiger partial charge in [0, 0.05) is 12.7 Å². The number of hydrogen-bond acceptors (Lipinski definition) is 7. The molecule has 0 bridgehead atoms. The van der Waals surface area contributed by atoms with Gasteiger partial charge >= 0.3 is 0 Å². The fourth-order valence-corrected chi connectivity index (χ4v) is 1.79. The Morgan fingerprint density at radius 1 is 1.52 bits per heavy atom. The van der Waals surface area contributed by atoms with Crippen LogP contribution in [-0.4, -0.2) is 28.3 Å². The van der Waals surface area contributed by atoms with Crippen molar-refractivity contribution in [1.29, 1.82) is 0 Å². The minimum absolute atomic E-state index is 0.0762. The lowest BCUT2D eigenvalue weighted by Crippen LogP contribution is -2.18. The summed E-state index contributed by atoms with van der Waals surface area (Å²) in [5.41, 5.74) is 6.90. The number of nitrogens with zero attached hydrogens (tertiary/aromatic N) is 3. The second kappa shape index (κ2) is 6.42. The molecule has 0 saturated carbocycles. The largest absolute Gasteiger partial charge is 0.380 e. The third-order valence-electron chi connectivity index (χ3n) is 2.85. The summed E-state index contributed by atoms with van der Waals surface area (Å²) in [6, 6.07) is 4.16. The molecule has 2 N–H and O–H groups in total. The van der Waals surface area contributed by atoms with E-state index in [9.17, 15) is 10.1 Å². The number of benzene rings is 1. The Morgan fingerprint density at radius 3 is 2.95 bits per heavy atom. The van der Waals surface area contributed by atoms with Crippen LogP contribution in [0.1, 0.15) is 24.4 Å². The average Bonchev–Trinajstić information content (AvgIpc) is 2.94. The molecular formula is C13H16N4O4. The number of aryl methyl sites for hydroxylation is 1. The van der Waals surface area contributed by atoms with Crippen molar-refractivity contribution in [2.45, 2.75) is 19.9 Å². The smallest absolute Gasteiger partial charge is 0.282 e. The lowest BCUT2D eigenvalue weighted by molar-refractivity contribution is -0.384. The molecular weight excluding hydrogens is 276 g/mol. The molecule has 1 heterocycles. The number of nitrogens with two attached hydrogens (primary N) is 1. The van der Waals surface area contributed by atoms with Crippen LogP contribution in [0.4, 0.5) is 5.69 Å². The van der Waals surface area contributed by atoms with Gasteiger partial charge in [-0.15, -0.1) is 0 Å². The van der Waals surface area contributed by atoms with E-state index in [1.54, 1.807) is 12.1 Å². The van der Waals surface area contributed by atoms with Crippen LogP contribution < -0.4 is 5.73 Å². The minimum Gasteiger partial charge on any atom is -0.380 e. The summed E-state index contributed by atoms with van der Waals surface area (Å²) in [6.07, 6.45) is 0. The molecule has 1 atom stereocenters. The Bertz CT molecular complexity index is 641. The van der Waals surface area contributed by atoms with Crippen LogP contribution in [0.5, 0.6) is 0 Å². The number of nitro benzene ring substituents is 1. The molecule has 2 aromatic rings. The van der Waals surface area contributed by atoms with E-state index in [2.05, 4.69) is 10.1 Å². The molecule has 1 aromatic heterocycles. The SMILES string of the molecule is CCOCC(N)c1noc(-c2cc(C)ccc2[N+](=O)[O-])n1. The van der Waals surface area contributed by atoms with Gasteiger partial charge in [0.2, 0.25) is 0 Å². The molecule has 0 aliphatic rings. The van der Waals surface area contributed by atoms with Crippen molar-refractivity contribution in [1.82, 2.24) is 10.1 Å². The van der Waals surface area contributed by atoms with E-state index in [0.29, 0.717) is 6.61 Å². The van der Waals surface area contributed by atoms with Crippen LogP contribution in [0.2, 0.25) is 0 Å². The van der Waals surface area contributed by atoms with Crippen molar-refractivity contribution in [2.24, 2.45) is 5.73 Å². The second-order valence-electron chi connectivity index (χ2n) is 4.50. The van der Waals surface area contributed by atoms with Gasteiger partial charge in [0.15, 0.2) is 5.82 Å². The van der Waals surface area contributed by atoms with Crippen LogP contribution in [0, 0.1) is 17.0 Å². The molecule has 0 aliphatic carbocycles. The predicted molar refractivity (Wildman–Crippen MR) is 74.5 cm³/mol. The van der Waals surface area contributed by atoms with Gasteiger partial charge in [-0.3, -0.25) is 10.1 Å². The van der Waals surface area contributed by atoms with E-state index in [4.69, 9.17) is 15.0 Å². The lowest BCUT2D eigenvalue weighted by atomic mass is 10.1. The highest BCUT2D eigenvalue weighted by molar-refractivity contribution is 5.67. The van der Waals surface area contributed by atoms with Gasteiger partial charge < -0.3 is 15.0 Å². The van der Waals surface area contributed by atoms with Crippen molar-refractivity contribution in [3.63, 3.8) is 0 Å². The van der Waals surface area contributed by atoms with Crippen LogP contribution in [-0.2, 0) is 4.74 Å². The van der Waals surface area contributed by atoms with Gasteiger partial charge in [0.05, 0.1) is 17.6 Å². The van der Waals surface area contributed by atoms with Gasteiger partial charge in [-0.2, -0.15) is 4.98 Å². The zero-order chi connectivity index (χ0) is 15.4. The zero-order valence-electron chi connectivity index (χ0n) is 11.8. The van der Waals surface area contributed by atoms with E-state index in [1.165, 1.54) is 6.07 Å². The zero-order valence-corrected chi connectivity index (χ0v) is 11.8. The highest BCUT2D eigenvalue weighted by Crippen LogP contribution is 2.29. The Balaban J connectivity index is 2.33.